The maximum atomic E-state index is 13.0. The molecule has 0 aliphatic heterocycles. The predicted molar refractivity (Wildman–Crippen MR) is 74.0 cm³/mol. The van der Waals surface area contributed by atoms with Gasteiger partial charge in [-0.15, -0.1) is 0 Å². The van der Waals surface area contributed by atoms with Gasteiger partial charge in [-0.2, -0.15) is 26.3 Å². The lowest BCUT2D eigenvalue weighted by Gasteiger charge is -2.36. The van der Waals surface area contributed by atoms with Crippen LogP contribution in [0.25, 0.3) is 0 Å². The number of alkyl halides is 6. The summed E-state index contributed by atoms with van der Waals surface area (Å²) in [5.41, 5.74) is -6.13. The van der Waals surface area contributed by atoms with Crippen LogP contribution < -0.4 is 0 Å². The number of benzene rings is 1. The molecule has 0 atom stereocenters. The van der Waals surface area contributed by atoms with Crippen molar-refractivity contribution in [2.24, 2.45) is 0 Å². The molecule has 13 heteroatoms. The molecule has 0 N–H and O–H groups in total. The molecule has 0 aliphatic rings. The maximum Gasteiger partial charge on any atom is 0.438 e. The molecule has 5 nitrogen and oxygen atoms in total. The summed E-state index contributed by atoms with van der Waals surface area (Å²) in [6, 6.07) is 4.57. The number of carbonyl (C=O) groups excluding carboxylic acids is 1. The lowest BCUT2D eigenvalue weighted by Crippen LogP contribution is -2.63. The van der Waals surface area contributed by atoms with Gasteiger partial charge in [0, 0.05) is 3.57 Å². The third-order valence-electron chi connectivity index (χ3n) is 2.66. The predicted octanol–water partition coefficient (Wildman–Crippen LogP) is 2.86. The quantitative estimate of drug-likeness (QED) is 0.280. The minimum Gasteiger partial charge on any atom is -0.748 e. The Bertz CT molecular complexity index is 713. The van der Waals surface area contributed by atoms with Gasteiger partial charge in [0.25, 0.3) is 0 Å². The molecule has 0 unspecified atom stereocenters. The fraction of sp³-hybridized carbons (Fsp3) is 0.364. The van der Waals surface area contributed by atoms with Crippen molar-refractivity contribution < 1.29 is 48.8 Å². The Labute approximate surface area is 144 Å². The summed E-state index contributed by atoms with van der Waals surface area (Å²) in [6.45, 7) is 0. The van der Waals surface area contributed by atoms with Gasteiger partial charge in [0.15, 0.2) is 0 Å². The Morgan fingerprint density at radius 3 is 1.92 bits per heavy atom. The number of halogens is 7. The molecule has 0 fully saturated rings. The molecule has 0 saturated carbocycles. The molecule has 0 radical (unpaired) electrons. The normalized spacial score (nSPS) is 13.7. The lowest BCUT2D eigenvalue weighted by molar-refractivity contribution is -0.356. The fourth-order valence-corrected chi connectivity index (χ4v) is 3.05. The average molecular weight is 491 g/mol. The first kappa shape index (κ1) is 21.0. The Morgan fingerprint density at radius 1 is 1.08 bits per heavy atom. The highest BCUT2D eigenvalue weighted by Gasteiger charge is 2.75. The summed E-state index contributed by atoms with van der Waals surface area (Å²) in [4.78, 5) is 11.7. The zero-order chi connectivity index (χ0) is 19.0. The highest BCUT2D eigenvalue weighted by atomic mass is 127. The number of carbonyl (C=O) groups is 1. The first-order chi connectivity index (χ1) is 10.6. The van der Waals surface area contributed by atoms with E-state index in [1.807, 2.05) is 0 Å². The first-order valence-electron chi connectivity index (χ1n) is 5.65. The summed E-state index contributed by atoms with van der Waals surface area (Å²) >= 11 is 1.45. The Balaban J connectivity index is 3.48. The van der Waals surface area contributed by atoms with E-state index in [9.17, 15) is 44.1 Å². The molecule has 24 heavy (non-hydrogen) atoms. The molecular weight excluding hydrogens is 485 g/mol. The topological polar surface area (TPSA) is 83.5 Å². The van der Waals surface area contributed by atoms with Crippen molar-refractivity contribution >= 4 is 38.7 Å². The standard InChI is InChI=1S/C11H7F6IO5S/c12-10(13,14)9(11(15,16)17,5-24(20,21)22)23-8(19)6-3-1-2-4-7(6)18/h1-4H,5H2,(H,20,21,22)/p-1. The van der Waals surface area contributed by atoms with Gasteiger partial charge < -0.3 is 9.29 Å². The summed E-state index contributed by atoms with van der Waals surface area (Å²) in [6.07, 6.45) is -12.8. The molecule has 0 heterocycles. The van der Waals surface area contributed by atoms with Crippen LogP contribution >= 0.6 is 22.6 Å². The Morgan fingerprint density at radius 2 is 1.54 bits per heavy atom. The number of rotatable bonds is 4. The van der Waals surface area contributed by atoms with Gasteiger partial charge >= 0.3 is 23.9 Å². The highest BCUT2D eigenvalue weighted by Crippen LogP contribution is 2.47. The summed E-state index contributed by atoms with van der Waals surface area (Å²) in [5, 5.41) is 0. The largest absolute Gasteiger partial charge is 0.748 e. The molecule has 0 aromatic heterocycles. The zero-order valence-corrected chi connectivity index (χ0v) is 14.1. The van der Waals surface area contributed by atoms with E-state index in [1.54, 1.807) is 0 Å². The minimum atomic E-state index is -6.39. The van der Waals surface area contributed by atoms with Crippen LogP contribution in [0.4, 0.5) is 26.3 Å². The van der Waals surface area contributed by atoms with E-state index in [0.717, 1.165) is 12.1 Å². The SMILES string of the molecule is O=C(OC(CS(=O)(=O)[O-])(C(F)(F)F)C(F)(F)F)c1ccccc1I. The van der Waals surface area contributed by atoms with Crippen molar-refractivity contribution in [2.75, 3.05) is 5.75 Å². The van der Waals surface area contributed by atoms with Gasteiger partial charge in [0.05, 0.1) is 21.4 Å². The van der Waals surface area contributed by atoms with Crippen LogP contribution in [0.1, 0.15) is 10.4 Å². The van der Waals surface area contributed by atoms with Crippen LogP contribution in [-0.4, -0.2) is 42.6 Å². The van der Waals surface area contributed by atoms with E-state index in [0.29, 0.717) is 0 Å². The number of esters is 1. The van der Waals surface area contributed by atoms with Crippen LogP contribution in [-0.2, 0) is 14.9 Å². The van der Waals surface area contributed by atoms with E-state index in [-0.39, 0.29) is 3.57 Å². The van der Waals surface area contributed by atoms with Crippen molar-refractivity contribution in [3.05, 3.63) is 33.4 Å². The highest BCUT2D eigenvalue weighted by molar-refractivity contribution is 14.1. The van der Waals surface area contributed by atoms with Gasteiger partial charge in [0.1, 0.15) is 0 Å². The molecule has 136 valence electrons. The second-order valence-electron chi connectivity index (χ2n) is 4.39. The van der Waals surface area contributed by atoms with Crippen molar-refractivity contribution in [3.63, 3.8) is 0 Å². The lowest BCUT2D eigenvalue weighted by atomic mass is 10.1. The second kappa shape index (κ2) is 6.67. The van der Waals surface area contributed by atoms with Crippen molar-refractivity contribution in [2.45, 2.75) is 18.0 Å². The zero-order valence-electron chi connectivity index (χ0n) is 11.1. The summed E-state index contributed by atoms with van der Waals surface area (Å²) in [7, 11) is -6.06. The van der Waals surface area contributed by atoms with Crippen LogP contribution in [0.5, 0.6) is 0 Å². The van der Waals surface area contributed by atoms with E-state index in [4.69, 9.17) is 0 Å². The summed E-state index contributed by atoms with van der Waals surface area (Å²) in [5.74, 6) is -5.10. The molecule has 0 bridgehead atoms. The molecule has 1 aromatic carbocycles. The fourth-order valence-electron chi connectivity index (χ4n) is 1.56. The van der Waals surface area contributed by atoms with E-state index in [1.165, 1.54) is 34.7 Å². The first-order valence-corrected chi connectivity index (χ1v) is 8.31. The van der Waals surface area contributed by atoms with Gasteiger partial charge in [-0.25, -0.2) is 13.2 Å². The molecule has 0 aliphatic carbocycles. The van der Waals surface area contributed by atoms with Gasteiger partial charge in [-0.3, -0.25) is 0 Å². The number of ether oxygens (including phenoxy) is 1. The third-order valence-corrected chi connectivity index (χ3v) is 4.36. The van der Waals surface area contributed by atoms with Crippen LogP contribution in [0.15, 0.2) is 24.3 Å². The van der Waals surface area contributed by atoms with Crippen LogP contribution in [0, 0.1) is 3.57 Å². The molecule has 0 spiro atoms. The van der Waals surface area contributed by atoms with Gasteiger partial charge in [-0.1, -0.05) is 12.1 Å². The van der Waals surface area contributed by atoms with E-state index >= 15 is 0 Å². The maximum absolute atomic E-state index is 13.0. The monoisotopic (exact) mass is 491 g/mol. The Kier molecular flexibility index (Phi) is 5.82. The van der Waals surface area contributed by atoms with Crippen molar-refractivity contribution in [1.82, 2.24) is 0 Å². The van der Waals surface area contributed by atoms with Crippen molar-refractivity contribution in [1.29, 1.82) is 0 Å². The van der Waals surface area contributed by atoms with Crippen LogP contribution in [0.2, 0.25) is 0 Å². The smallest absolute Gasteiger partial charge is 0.438 e. The Hall–Kier alpha value is -1.09. The molecule has 0 amide bonds. The third kappa shape index (κ3) is 4.50. The number of hydrogen-bond acceptors (Lipinski definition) is 5. The summed E-state index contributed by atoms with van der Waals surface area (Å²) < 4.78 is 113. The van der Waals surface area contributed by atoms with E-state index in [2.05, 4.69) is 4.74 Å². The molecule has 1 rings (SSSR count). The van der Waals surface area contributed by atoms with Gasteiger partial charge in [0.2, 0.25) is 0 Å². The average Bonchev–Trinajstić information content (AvgIpc) is 2.33. The van der Waals surface area contributed by atoms with Crippen LogP contribution in [0.3, 0.4) is 0 Å². The van der Waals surface area contributed by atoms with Gasteiger partial charge in [-0.05, 0) is 34.7 Å². The number of hydrogen-bond donors (Lipinski definition) is 0. The molecular formula is C11H6F6IO5S-. The molecule has 0 saturated heterocycles. The molecule has 1 aromatic rings. The second-order valence-corrected chi connectivity index (χ2v) is 6.96. The van der Waals surface area contributed by atoms with E-state index < -0.39 is 45.4 Å². The minimum absolute atomic E-state index is 0.0386. The van der Waals surface area contributed by atoms with Crippen molar-refractivity contribution in [3.8, 4) is 0 Å².